The molecule has 0 saturated carbocycles. The maximum atomic E-state index is 14.3. The van der Waals surface area contributed by atoms with Gasteiger partial charge in [0.25, 0.3) is 11.8 Å². The lowest BCUT2D eigenvalue weighted by Crippen LogP contribution is -2.49. The van der Waals surface area contributed by atoms with Crippen LogP contribution in [0.5, 0.6) is 0 Å². The average molecular weight is 1060 g/mol. The predicted octanol–water partition coefficient (Wildman–Crippen LogP) is 9.29. The Labute approximate surface area is 445 Å². The number of hydrogen-bond acceptors (Lipinski definition) is 10. The maximum Gasteiger partial charge on any atom is 0.416 e. The van der Waals surface area contributed by atoms with Crippen LogP contribution < -0.4 is 9.80 Å². The van der Waals surface area contributed by atoms with Gasteiger partial charge in [-0.15, -0.1) is 20.4 Å². The largest absolute Gasteiger partial charge is 0.416 e. The molecule has 4 fully saturated rings. The van der Waals surface area contributed by atoms with Gasteiger partial charge in [0.15, 0.2) is 0 Å². The van der Waals surface area contributed by atoms with Crippen LogP contribution in [-0.4, -0.2) is 116 Å². The standard InChI is InChI=1S/C29H31F4N5O2.C29H34FN5O2/c1-3-25(37-8-7-20(30)13-37)18-9-22-23(24(10-18)29(31,32)33)14-38(27(22)39)21-6-4-5-19(11-21)28(15-40-16-28)12-26-35-34-17-36(26)2;1-4-26(34-9-8-22(30)14-34)20-10-19(2)25-15-35(28(36)24(25)11-20)23-7-5-6-21(12-23)29(16-37-17-29)13-27-32-31-18-33(27)3/h4-6,9-11,17,20,25H,3,7-8,12-16H2,1-2H3;5-7,10-12,18,22,26H,4,8-9,13-17H2,1-3H3/t20-,25+;22-,26-/m00/s1. The molecule has 0 spiro atoms. The van der Waals surface area contributed by atoms with Gasteiger partial charge in [0.1, 0.15) is 36.6 Å². The summed E-state index contributed by atoms with van der Waals surface area (Å²) in [6.07, 6.45) is 0.640. The van der Waals surface area contributed by atoms with Crippen molar-refractivity contribution in [2.24, 2.45) is 14.1 Å². The third-order valence-corrected chi connectivity index (χ3v) is 17.1. The van der Waals surface area contributed by atoms with E-state index in [1.54, 1.807) is 24.8 Å². The Kier molecular flexibility index (Phi) is 14.2. The van der Waals surface area contributed by atoms with Crippen molar-refractivity contribution in [3.05, 3.63) is 153 Å². The van der Waals surface area contributed by atoms with Crippen molar-refractivity contribution in [2.45, 2.75) is 114 Å². The van der Waals surface area contributed by atoms with E-state index < -0.39 is 36.0 Å². The van der Waals surface area contributed by atoms with Gasteiger partial charge in [-0.2, -0.15) is 13.2 Å². The minimum Gasteiger partial charge on any atom is -0.379 e. The Balaban J connectivity index is 0.000000164. The van der Waals surface area contributed by atoms with E-state index in [9.17, 15) is 31.5 Å². The van der Waals surface area contributed by atoms with Crippen LogP contribution in [0, 0.1) is 6.92 Å². The smallest absolute Gasteiger partial charge is 0.379 e. The fourth-order valence-electron chi connectivity index (χ4n) is 12.6. The highest BCUT2D eigenvalue weighted by Gasteiger charge is 2.46. The monoisotopic (exact) mass is 1060 g/mol. The molecule has 4 aromatic carbocycles. The van der Waals surface area contributed by atoms with E-state index in [1.807, 2.05) is 70.3 Å². The highest BCUT2D eigenvalue weighted by Crippen LogP contribution is 2.45. The van der Waals surface area contributed by atoms with Crippen LogP contribution in [0.2, 0.25) is 0 Å². The molecule has 6 aliphatic rings. The zero-order valence-electron chi connectivity index (χ0n) is 44.2. The number of halogens is 5. The highest BCUT2D eigenvalue weighted by atomic mass is 19.4. The van der Waals surface area contributed by atoms with Gasteiger partial charge in [0.05, 0.1) is 45.1 Å². The van der Waals surface area contributed by atoms with E-state index in [0.717, 1.165) is 76.2 Å². The van der Waals surface area contributed by atoms with Crippen LogP contribution in [0.4, 0.5) is 33.3 Å². The topological polar surface area (TPSA) is 127 Å². The number of nitrogens with zero attached hydrogens (tertiary/aromatic N) is 10. The normalized spacial score (nSPS) is 21.6. The molecule has 19 heteroatoms. The van der Waals surface area contributed by atoms with Crippen molar-refractivity contribution in [2.75, 3.05) is 62.4 Å². The minimum absolute atomic E-state index is 0.0212. The van der Waals surface area contributed by atoms with E-state index in [2.05, 4.69) is 63.4 Å². The predicted molar refractivity (Wildman–Crippen MR) is 279 cm³/mol. The number of likely N-dealkylation sites (tertiary alicyclic amines) is 2. The van der Waals surface area contributed by atoms with Gasteiger partial charge >= 0.3 is 6.18 Å². The molecule has 77 heavy (non-hydrogen) atoms. The first-order valence-electron chi connectivity index (χ1n) is 26.8. The number of carbonyl (C=O) groups excluding carboxylic acids is 2. The van der Waals surface area contributed by atoms with Gasteiger partial charge in [0.2, 0.25) is 0 Å². The van der Waals surface area contributed by atoms with Crippen LogP contribution in [0.3, 0.4) is 0 Å². The number of hydrogen-bond donors (Lipinski definition) is 0. The van der Waals surface area contributed by atoms with Crippen molar-refractivity contribution >= 4 is 23.2 Å². The summed E-state index contributed by atoms with van der Waals surface area (Å²) in [7, 11) is 3.83. The maximum absolute atomic E-state index is 14.3. The minimum atomic E-state index is -4.63. The van der Waals surface area contributed by atoms with Gasteiger partial charge in [-0.05, 0) is 114 Å². The second-order valence-corrected chi connectivity index (χ2v) is 22.1. The second-order valence-electron chi connectivity index (χ2n) is 22.1. The summed E-state index contributed by atoms with van der Waals surface area (Å²) in [5.74, 6) is 1.28. The summed E-state index contributed by atoms with van der Waals surface area (Å²) in [6.45, 7) is 10.6. The number of amides is 2. The molecule has 0 aliphatic carbocycles. The molecule has 2 aromatic heterocycles. The molecule has 0 unspecified atom stereocenters. The highest BCUT2D eigenvalue weighted by molar-refractivity contribution is 6.11. The number of fused-ring (bicyclic) bond motifs is 2. The third-order valence-electron chi connectivity index (χ3n) is 17.1. The lowest BCUT2D eigenvalue weighted by Gasteiger charge is -2.42. The molecule has 6 aliphatic heterocycles. The Morgan fingerprint density at radius 2 is 1.10 bits per heavy atom. The van der Waals surface area contributed by atoms with E-state index in [-0.39, 0.29) is 47.0 Å². The molecule has 0 radical (unpaired) electrons. The number of rotatable bonds is 14. The first-order chi connectivity index (χ1) is 37.0. The van der Waals surface area contributed by atoms with Crippen LogP contribution in [0.1, 0.15) is 128 Å². The number of alkyl halides is 5. The summed E-state index contributed by atoms with van der Waals surface area (Å²) >= 11 is 0. The lowest BCUT2D eigenvalue weighted by atomic mass is 9.75. The quantitative estimate of drug-likeness (QED) is 0.0975. The fraction of sp³-hybridized carbons (Fsp3) is 0.483. The zero-order valence-corrected chi connectivity index (χ0v) is 44.2. The number of aromatic nitrogens is 6. The summed E-state index contributed by atoms with van der Waals surface area (Å²) in [4.78, 5) is 34.8. The van der Waals surface area contributed by atoms with E-state index >= 15 is 0 Å². The van der Waals surface area contributed by atoms with Crippen molar-refractivity contribution in [1.29, 1.82) is 0 Å². The first-order valence-corrected chi connectivity index (χ1v) is 26.8. The number of carbonyl (C=O) groups is 2. The Morgan fingerprint density at radius 3 is 1.49 bits per heavy atom. The van der Waals surface area contributed by atoms with Gasteiger partial charge < -0.3 is 28.4 Å². The zero-order chi connectivity index (χ0) is 54.0. The van der Waals surface area contributed by atoms with E-state index in [0.29, 0.717) is 83.0 Å². The van der Waals surface area contributed by atoms with Gasteiger partial charge in [-0.3, -0.25) is 19.4 Å². The van der Waals surface area contributed by atoms with E-state index in [1.165, 1.54) is 4.90 Å². The van der Waals surface area contributed by atoms with Crippen molar-refractivity contribution in [1.82, 2.24) is 39.3 Å². The molecule has 12 rings (SSSR count). The summed E-state index contributed by atoms with van der Waals surface area (Å²) in [5.41, 5.74) is 6.72. The van der Waals surface area contributed by atoms with Crippen LogP contribution in [0.15, 0.2) is 85.5 Å². The summed E-state index contributed by atoms with van der Waals surface area (Å²) in [6, 6.07) is 22.5. The molecule has 0 N–H and O–H groups in total. The number of ether oxygens (including phenoxy) is 2. The molecule has 4 saturated heterocycles. The van der Waals surface area contributed by atoms with Crippen molar-refractivity contribution in [3.8, 4) is 0 Å². The molecular formula is C58H65F5N10O4. The lowest BCUT2D eigenvalue weighted by molar-refractivity contribution is -0.138. The average Bonchev–Trinajstić information content (AvgIpc) is 4.28. The van der Waals surface area contributed by atoms with Crippen LogP contribution in [0.25, 0.3) is 0 Å². The molecule has 14 nitrogen and oxygen atoms in total. The molecule has 2 amide bonds. The van der Waals surface area contributed by atoms with Gasteiger partial charge in [0, 0.05) is 98.5 Å². The molecule has 0 bridgehead atoms. The van der Waals surface area contributed by atoms with Gasteiger partial charge in [-0.1, -0.05) is 44.2 Å². The molecule has 406 valence electrons. The third kappa shape index (κ3) is 9.86. The first kappa shape index (κ1) is 52.6. The van der Waals surface area contributed by atoms with Crippen molar-refractivity contribution < 1.29 is 41.0 Å². The van der Waals surface area contributed by atoms with Crippen molar-refractivity contribution in [3.63, 3.8) is 0 Å². The van der Waals surface area contributed by atoms with Crippen LogP contribution in [-0.2, 0) is 66.5 Å². The number of benzene rings is 4. The second kappa shape index (κ2) is 20.8. The summed E-state index contributed by atoms with van der Waals surface area (Å²) in [5, 5.41) is 16.5. The fourth-order valence-corrected chi connectivity index (χ4v) is 12.6. The Bertz CT molecular complexity index is 3190. The molecular weight excluding hydrogens is 996 g/mol. The van der Waals surface area contributed by atoms with Gasteiger partial charge in [-0.25, -0.2) is 8.78 Å². The molecule has 6 aromatic rings. The SMILES string of the molecule is CC[C@@H](c1cc(C)c2c(c1)C(=O)N(c1cccc(C3(Cc4nncn4C)COC3)c1)C2)N1CC[C@H](F)C1.CC[C@H](c1cc2c(c(C(F)(F)F)c1)CN(c1cccc(C3(Cc4nncn4C)COC3)c1)C2=O)N1CC[C@H](F)C1. The number of aryl methyl sites for hydroxylation is 3. The molecule has 4 atom stereocenters. The Morgan fingerprint density at radius 1 is 0.649 bits per heavy atom. The Hall–Kier alpha value is -6.41. The van der Waals surface area contributed by atoms with Crippen LogP contribution >= 0.6 is 0 Å². The summed E-state index contributed by atoms with van der Waals surface area (Å²) < 4.78 is 86.0. The number of anilines is 2. The van der Waals surface area contributed by atoms with E-state index in [4.69, 9.17) is 9.47 Å². The molecule has 8 heterocycles.